The van der Waals surface area contributed by atoms with Crippen molar-refractivity contribution in [1.82, 2.24) is 0 Å². The van der Waals surface area contributed by atoms with Gasteiger partial charge in [-0.3, -0.25) is 0 Å². The van der Waals surface area contributed by atoms with E-state index in [1.54, 1.807) is 11.3 Å². The summed E-state index contributed by atoms with van der Waals surface area (Å²) in [6.07, 6.45) is 0. The minimum atomic E-state index is -0.0951. The van der Waals surface area contributed by atoms with E-state index in [-0.39, 0.29) is 6.61 Å². The molecule has 2 nitrogen and oxygen atoms in total. The first-order valence-corrected chi connectivity index (χ1v) is 5.86. The molecule has 0 amide bonds. The second-order valence-electron chi connectivity index (χ2n) is 3.63. The molecule has 1 aromatic heterocycles. The lowest BCUT2D eigenvalue weighted by Gasteiger charge is -2.05. The third-order valence-electron chi connectivity index (χ3n) is 1.73. The van der Waals surface area contributed by atoms with E-state index < -0.39 is 0 Å². The zero-order chi connectivity index (χ0) is 11.1. The van der Waals surface area contributed by atoms with Gasteiger partial charge in [-0.25, -0.2) is 0 Å². The largest absolute Gasteiger partial charge is 0.384 e. The summed E-state index contributed by atoms with van der Waals surface area (Å²) in [7, 11) is 0. The SMILES string of the molecule is CC(C)COCc1sccc1C#CCO. The van der Waals surface area contributed by atoms with Gasteiger partial charge in [0.25, 0.3) is 0 Å². The number of hydrogen-bond acceptors (Lipinski definition) is 3. The van der Waals surface area contributed by atoms with Crippen LogP contribution in [0.3, 0.4) is 0 Å². The smallest absolute Gasteiger partial charge is 0.104 e. The van der Waals surface area contributed by atoms with Crippen molar-refractivity contribution in [3.8, 4) is 11.8 Å². The molecule has 1 rings (SSSR count). The van der Waals surface area contributed by atoms with Gasteiger partial charge in [-0.05, 0) is 17.4 Å². The summed E-state index contributed by atoms with van der Waals surface area (Å²) in [4.78, 5) is 1.14. The molecule has 0 radical (unpaired) electrons. The quantitative estimate of drug-likeness (QED) is 0.795. The van der Waals surface area contributed by atoms with Gasteiger partial charge in [-0.15, -0.1) is 11.3 Å². The van der Waals surface area contributed by atoms with Crippen LogP contribution in [0.5, 0.6) is 0 Å². The Morgan fingerprint density at radius 1 is 1.53 bits per heavy atom. The Kier molecular flexibility index (Phi) is 5.41. The summed E-state index contributed by atoms with van der Waals surface area (Å²) < 4.78 is 5.54. The zero-order valence-corrected chi connectivity index (χ0v) is 9.93. The summed E-state index contributed by atoms with van der Waals surface area (Å²) in [5, 5.41) is 10.6. The first-order valence-electron chi connectivity index (χ1n) is 4.98. The highest BCUT2D eigenvalue weighted by atomic mass is 32.1. The van der Waals surface area contributed by atoms with Crippen LogP contribution in [0.25, 0.3) is 0 Å². The van der Waals surface area contributed by atoms with Crippen molar-refractivity contribution in [2.24, 2.45) is 5.92 Å². The van der Waals surface area contributed by atoms with Crippen LogP contribution < -0.4 is 0 Å². The first kappa shape index (κ1) is 12.3. The Labute approximate surface area is 94.9 Å². The molecule has 15 heavy (non-hydrogen) atoms. The summed E-state index contributed by atoms with van der Waals surface area (Å²) in [6, 6.07) is 1.96. The number of hydrogen-bond donors (Lipinski definition) is 1. The van der Waals surface area contributed by atoms with Crippen LogP contribution in [0, 0.1) is 17.8 Å². The molecule has 0 aromatic carbocycles. The average molecular weight is 224 g/mol. The Bertz CT molecular complexity index is 344. The van der Waals surface area contributed by atoms with Gasteiger partial charge in [-0.1, -0.05) is 25.7 Å². The highest BCUT2D eigenvalue weighted by Crippen LogP contribution is 2.17. The lowest BCUT2D eigenvalue weighted by molar-refractivity contribution is 0.0988. The van der Waals surface area contributed by atoms with Gasteiger partial charge in [-0.2, -0.15) is 0 Å². The molecule has 0 saturated heterocycles. The van der Waals surface area contributed by atoms with E-state index in [4.69, 9.17) is 9.84 Å². The molecule has 0 aliphatic rings. The first-order chi connectivity index (χ1) is 7.24. The molecule has 0 saturated carbocycles. The Balaban J connectivity index is 2.50. The number of aliphatic hydroxyl groups excluding tert-OH is 1. The molecule has 3 heteroatoms. The van der Waals surface area contributed by atoms with Gasteiger partial charge in [0.05, 0.1) is 6.61 Å². The van der Waals surface area contributed by atoms with E-state index in [0.717, 1.165) is 17.0 Å². The fourth-order valence-electron chi connectivity index (χ4n) is 1.09. The van der Waals surface area contributed by atoms with E-state index in [0.29, 0.717) is 12.5 Å². The fraction of sp³-hybridized carbons (Fsp3) is 0.500. The van der Waals surface area contributed by atoms with Gasteiger partial charge in [0.15, 0.2) is 0 Å². The minimum Gasteiger partial charge on any atom is -0.384 e. The minimum absolute atomic E-state index is 0.0951. The lowest BCUT2D eigenvalue weighted by atomic mass is 10.2. The summed E-state index contributed by atoms with van der Waals surface area (Å²) in [6.45, 7) is 5.54. The van der Waals surface area contributed by atoms with E-state index in [2.05, 4.69) is 25.7 Å². The van der Waals surface area contributed by atoms with Gasteiger partial charge >= 0.3 is 0 Å². The normalized spacial score (nSPS) is 10.1. The third-order valence-corrected chi connectivity index (χ3v) is 2.63. The van der Waals surface area contributed by atoms with Crippen LogP contribution in [0.15, 0.2) is 11.4 Å². The topological polar surface area (TPSA) is 29.5 Å². The molecular formula is C12H16O2S. The number of ether oxygens (including phenoxy) is 1. The Morgan fingerprint density at radius 3 is 3.00 bits per heavy atom. The second-order valence-corrected chi connectivity index (χ2v) is 4.63. The monoisotopic (exact) mass is 224 g/mol. The predicted octanol–water partition coefficient (Wildman–Crippen LogP) is 2.26. The lowest BCUT2D eigenvalue weighted by Crippen LogP contribution is -2.01. The standard InChI is InChI=1S/C12H16O2S/c1-10(2)8-14-9-12-11(4-3-6-13)5-7-15-12/h5,7,10,13H,6,8-9H2,1-2H3. The molecule has 0 spiro atoms. The molecule has 0 unspecified atom stereocenters. The van der Waals surface area contributed by atoms with Gasteiger partial charge in [0, 0.05) is 17.0 Å². The van der Waals surface area contributed by atoms with Crippen molar-refractivity contribution >= 4 is 11.3 Å². The molecule has 1 N–H and O–H groups in total. The van der Waals surface area contributed by atoms with E-state index in [1.165, 1.54) is 0 Å². The summed E-state index contributed by atoms with van der Waals surface area (Å²) in [5.74, 6) is 6.11. The van der Waals surface area contributed by atoms with Gasteiger partial charge < -0.3 is 9.84 Å². The predicted molar refractivity (Wildman–Crippen MR) is 62.8 cm³/mol. The highest BCUT2D eigenvalue weighted by molar-refractivity contribution is 7.10. The molecule has 82 valence electrons. The maximum atomic E-state index is 8.60. The van der Waals surface area contributed by atoms with Gasteiger partial charge in [0.1, 0.15) is 6.61 Å². The average Bonchev–Trinajstić information content (AvgIpc) is 2.62. The van der Waals surface area contributed by atoms with Crippen molar-refractivity contribution in [3.63, 3.8) is 0 Å². The molecule has 0 fully saturated rings. The highest BCUT2D eigenvalue weighted by Gasteiger charge is 2.02. The molecule has 0 aliphatic carbocycles. The maximum absolute atomic E-state index is 8.60. The van der Waals surface area contributed by atoms with Crippen LogP contribution in [0.1, 0.15) is 24.3 Å². The van der Waals surface area contributed by atoms with Gasteiger partial charge in [0.2, 0.25) is 0 Å². The van der Waals surface area contributed by atoms with Crippen molar-refractivity contribution in [2.75, 3.05) is 13.2 Å². The van der Waals surface area contributed by atoms with Crippen LogP contribution in [0.2, 0.25) is 0 Å². The van der Waals surface area contributed by atoms with E-state index >= 15 is 0 Å². The van der Waals surface area contributed by atoms with Crippen LogP contribution >= 0.6 is 11.3 Å². The zero-order valence-electron chi connectivity index (χ0n) is 9.12. The van der Waals surface area contributed by atoms with Crippen molar-refractivity contribution in [3.05, 3.63) is 21.9 Å². The molecule has 1 aromatic rings. The maximum Gasteiger partial charge on any atom is 0.104 e. The third kappa shape index (κ3) is 4.48. The number of rotatable bonds is 4. The van der Waals surface area contributed by atoms with E-state index in [1.807, 2.05) is 11.4 Å². The molecule has 0 atom stereocenters. The molecule has 1 heterocycles. The number of thiophene rings is 1. The number of aliphatic hydroxyl groups is 1. The molecule has 0 bridgehead atoms. The Morgan fingerprint density at radius 2 is 2.33 bits per heavy atom. The fourth-order valence-corrected chi connectivity index (χ4v) is 1.85. The van der Waals surface area contributed by atoms with Crippen molar-refractivity contribution in [1.29, 1.82) is 0 Å². The van der Waals surface area contributed by atoms with Crippen LogP contribution in [-0.2, 0) is 11.3 Å². The Hall–Kier alpha value is -0.820. The second kappa shape index (κ2) is 6.62. The summed E-state index contributed by atoms with van der Waals surface area (Å²) >= 11 is 1.64. The van der Waals surface area contributed by atoms with Crippen LogP contribution in [0.4, 0.5) is 0 Å². The van der Waals surface area contributed by atoms with Crippen molar-refractivity contribution < 1.29 is 9.84 Å². The molecular weight excluding hydrogens is 208 g/mol. The molecule has 0 aliphatic heterocycles. The van der Waals surface area contributed by atoms with Crippen molar-refractivity contribution in [2.45, 2.75) is 20.5 Å². The van der Waals surface area contributed by atoms with E-state index in [9.17, 15) is 0 Å². The van der Waals surface area contributed by atoms with Crippen LogP contribution in [-0.4, -0.2) is 18.3 Å². The summed E-state index contributed by atoms with van der Waals surface area (Å²) in [5.41, 5.74) is 0.970.